The van der Waals surface area contributed by atoms with Crippen LogP contribution < -0.4 is 10.1 Å². The van der Waals surface area contributed by atoms with Crippen LogP contribution in [0.4, 0.5) is 5.69 Å². The van der Waals surface area contributed by atoms with E-state index in [1.807, 2.05) is 36.6 Å². The largest absolute Gasteiger partial charge is 0.494 e. The van der Waals surface area contributed by atoms with Gasteiger partial charge in [0.05, 0.1) is 18.7 Å². The van der Waals surface area contributed by atoms with Gasteiger partial charge < -0.3 is 10.1 Å². The minimum Gasteiger partial charge on any atom is -0.494 e. The number of anilines is 1. The van der Waals surface area contributed by atoms with Gasteiger partial charge in [0.15, 0.2) is 0 Å². The third-order valence-electron chi connectivity index (χ3n) is 4.18. The van der Waals surface area contributed by atoms with E-state index < -0.39 is 0 Å². The number of thiazole rings is 1. The number of ether oxygens (including phenoxy) is 1. The average Bonchev–Trinajstić information content (AvgIpc) is 3.11. The van der Waals surface area contributed by atoms with Gasteiger partial charge in [-0.2, -0.15) is 0 Å². The van der Waals surface area contributed by atoms with Gasteiger partial charge in [0.1, 0.15) is 10.1 Å². The first-order chi connectivity index (χ1) is 13.5. The second-order valence-electron chi connectivity index (χ2n) is 6.51. The van der Waals surface area contributed by atoms with Crippen molar-refractivity contribution in [2.45, 2.75) is 37.3 Å². The lowest BCUT2D eigenvalue weighted by Gasteiger charge is -2.06. The zero-order valence-corrected chi connectivity index (χ0v) is 18.0. The minimum atomic E-state index is -0.0689. The molecule has 1 aromatic heterocycles. The number of hydrogen-bond donors (Lipinski definition) is 1. The van der Waals surface area contributed by atoms with Gasteiger partial charge in [0.25, 0.3) is 0 Å². The lowest BCUT2D eigenvalue weighted by Crippen LogP contribution is -2.14. The standard InChI is InChI=1S/C22H24N2O2S2/c1-4-26-20-9-7-18(8-10-20)23-21(25)12-19-14-28-22(24-19)27-13-17-11-15(2)5-6-16(17)3/h5-11,14H,4,12-13H2,1-3H3,(H,23,25). The summed E-state index contributed by atoms with van der Waals surface area (Å²) in [5, 5.41) is 4.87. The lowest BCUT2D eigenvalue weighted by molar-refractivity contribution is -0.115. The Bertz CT molecular complexity index is 936. The summed E-state index contributed by atoms with van der Waals surface area (Å²) in [5.74, 6) is 1.62. The summed E-state index contributed by atoms with van der Waals surface area (Å²) >= 11 is 3.31. The Labute approximate surface area is 174 Å². The molecule has 146 valence electrons. The van der Waals surface area contributed by atoms with Crippen molar-refractivity contribution in [3.63, 3.8) is 0 Å². The highest BCUT2D eigenvalue weighted by Crippen LogP contribution is 2.28. The highest BCUT2D eigenvalue weighted by atomic mass is 32.2. The van der Waals surface area contributed by atoms with Crippen molar-refractivity contribution in [1.29, 1.82) is 0 Å². The van der Waals surface area contributed by atoms with Crippen LogP contribution in [-0.2, 0) is 17.0 Å². The molecule has 0 radical (unpaired) electrons. The summed E-state index contributed by atoms with van der Waals surface area (Å²) in [6, 6.07) is 13.9. The van der Waals surface area contributed by atoms with E-state index in [-0.39, 0.29) is 12.3 Å². The summed E-state index contributed by atoms with van der Waals surface area (Å²) in [7, 11) is 0. The van der Waals surface area contributed by atoms with Crippen LogP contribution in [0.2, 0.25) is 0 Å². The van der Waals surface area contributed by atoms with Crippen molar-refractivity contribution in [1.82, 2.24) is 4.98 Å². The van der Waals surface area contributed by atoms with Gasteiger partial charge in [-0.1, -0.05) is 35.5 Å². The topological polar surface area (TPSA) is 51.2 Å². The van der Waals surface area contributed by atoms with E-state index in [0.717, 1.165) is 27.2 Å². The molecule has 0 fully saturated rings. The molecular formula is C22H24N2O2S2. The number of nitrogens with one attached hydrogen (secondary N) is 1. The molecule has 6 heteroatoms. The van der Waals surface area contributed by atoms with E-state index in [1.165, 1.54) is 16.7 Å². The van der Waals surface area contributed by atoms with Gasteiger partial charge >= 0.3 is 0 Å². The highest BCUT2D eigenvalue weighted by molar-refractivity contribution is 8.00. The summed E-state index contributed by atoms with van der Waals surface area (Å²) in [6.07, 6.45) is 0.272. The second-order valence-corrected chi connectivity index (χ2v) is 8.59. The van der Waals surface area contributed by atoms with Crippen LogP contribution in [0.3, 0.4) is 0 Å². The number of aryl methyl sites for hydroxylation is 2. The molecule has 0 bridgehead atoms. The SMILES string of the molecule is CCOc1ccc(NC(=O)Cc2csc(SCc3cc(C)ccc3C)n2)cc1. The quantitative estimate of drug-likeness (QED) is 0.487. The van der Waals surface area contributed by atoms with E-state index in [0.29, 0.717) is 6.61 Å². The van der Waals surface area contributed by atoms with Gasteiger partial charge in [0.2, 0.25) is 5.91 Å². The molecule has 0 aliphatic carbocycles. The molecule has 0 spiro atoms. The van der Waals surface area contributed by atoms with Crippen LogP contribution >= 0.6 is 23.1 Å². The Morgan fingerprint density at radius 1 is 1.18 bits per heavy atom. The summed E-state index contributed by atoms with van der Waals surface area (Å²) < 4.78 is 6.40. The van der Waals surface area contributed by atoms with Crippen LogP contribution in [0, 0.1) is 13.8 Å². The molecule has 0 saturated heterocycles. The Hall–Kier alpha value is -2.31. The van der Waals surface area contributed by atoms with Crippen molar-refractivity contribution >= 4 is 34.7 Å². The van der Waals surface area contributed by atoms with Crippen LogP contribution in [0.1, 0.15) is 29.3 Å². The molecule has 28 heavy (non-hydrogen) atoms. The predicted octanol–water partition coefficient (Wildman–Crippen LogP) is 5.63. The first kappa shape index (κ1) is 20.4. The van der Waals surface area contributed by atoms with Crippen LogP contribution in [0.15, 0.2) is 52.2 Å². The van der Waals surface area contributed by atoms with Gasteiger partial charge in [0, 0.05) is 16.8 Å². The van der Waals surface area contributed by atoms with E-state index in [2.05, 4.69) is 42.3 Å². The first-order valence-electron chi connectivity index (χ1n) is 9.19. The molecular weight excluding hydrogens is 388 g/mol. The third kappa shape index (κ3) is 5.84. The third-order valence-corrected chi connectivity index (χ3v) is 6.30. The fourth-order valence-corrected chi connectivity index (χ4v) is 4.61. The first-order valence-corrected chi connectivity index (χ1v) is 11.1. The van der Waals surface area contributed by atoms with E-state index in [4.69, 9.17) is 4.74 Å². The molecule has 1 amide bonds. The summed E-state index contributed by atoms with van der Waals surface area (Å²) in [5.41, 5.74) is 5.46. The normalized spacial score (nSPS) is 10.7. The Kier molecular flexibility index (Phi) is 7.12. The lowest BCUT2D eigenvalue weighted by atomic mass is 10.1. The van der Waals surface area contributed by atoms with Gasteiger partial charge in [-0.3, -0.25) is 4.79 Å². The van der Waals surface area contributed by atoms with Gasteiger partial charge in [-0.05, 0) is 56.2 Å². The zero-order chi connectivity index (χ0) is 19.9. The molecule has 3 aromatic rings. The number of hydrogen-bond acceptors (Lipinski definition) is 5. The number of carbonyl (C=O) groups is 1. The Morgan fingerprint density at radius 3 is 2.71 bits per heavy atom. The maximum atomic E-state index is 12.3. The number of benzene rings is 2. The summed E-state index contributed by atoms with van der Waals surface area (Å²) in [4.78, 5) is 16.9. The number of thioether (sulfide) groups is 1. The molecule has 2 aromatic carbocycles. The maximum Gasteiger partial charge on any atom is 0.230 e. The number of nitrogens with zero attached hydrogens (tertiary/aromatic N) is 1. The van der Waals surface area contributed by atoms with Crippen molar-refractivity contribution in [3.8, 4) is 5.75 Å². The van der Waals surface area contributed by atoms with Crippen molar-refractivity contribution in [2.75, 3.05) is 11.9 Å². The maximum absolute atomic E-state index is 12.3. The minimum absolute atomic E-state index is 0.0689. The molecule has 0 aliphatic rings. The molecule has 0 aliphatic heterocycles. The molecule has 3 rings (SSSR count). The molecule has 4 nitrogen and oxygen atoms in total. The Morgan fingerprint density at radius 2 is 1.96 bits per heavy atom. The van der Waals surface area contributed by atoms with Gasteiger partial charge in [-0.25, -0.2) is 4.98 Å². The predicted molar refractivity (Wildman–Crippen MR) is 118 cm³/mol. The van der Waals surface area contributed by atoms with Crippen molar-refractivity contribution < 1.29 is 9.53 Å². The van der Waals surface area contributed by atoms with E-state index in [9.17, 15) is 4.79 Å². The van der Waals surface area contributed by atoms with Crippen LogP contribution in [0.5, 0.6) is 5.75 Å². The molecule has 0 atom stereocenters. The molecule has 1 N–H and O–H groups in total. The smallest absolute Gasteiger partial charge is 0.230 e. The van der Waals surface area contributed by atoms with Crippen LogP contribution in [-0.4, -0.2) is 17.5 Å². The zero-order valence-electron chi connectivity index (χ0n) is 16.3. The van der Waals surface area contributed by atoms with Gasteiger partial charge in [-0.15, -0.1) is 11.3 Å². The fraction of sp³-hybridized carbons (Fsp3) is 0.273. The van der Waals surface area contributed by atoms with E-state index in [1.54, 1.807) is 23.1 Å². The van der Waals surface area contributed by atoms with Crippen LogP contribution in [0.25, 0.3) is 0 Å². The van der Waals surface area contributed by atoms with Crippen molar-refractivity contribution in [2.24, 2.45) is 0 Å². The number of rotatable bonds is 8. The number of amides is 1. The second kappa shape index (κ2) is 9.75. The average molecular weight is 413 g/mol. The number of carbonyl (C=O) groups excluding carboxylic acids is 1. The molecule has 0 unspecified atom stereocenters. The van der Waals surface area contributed by atoms with Crippen molar-refractivity contribution in [3.05, 3.63) is 70.2 Å². The highest BCUT2D eigenvalue weighted by Gasteiger charge is 2.10. The Balaban J connectivity index is 1.52. The monoisotopic (exact) mass is 412 g/mol. The summed E-state index contributed by atoms with van der Waals surface area (Å²) in [6.45, 7) is 6.81. The molecule has 0 saturated carbocycles. The fourth-order valence-electron chi connectivity index (χ4n) is 2.70. The molecule has 1 heterocycles. The number of aromatic nitrogens is 1. The van der Waals surface area contributed by atoms with E-state index >= 15 is 0 Å².